The number of hydrogen-bond donors (Lipinski definition) is 2. The number of benzene rings is 2. The van der Waals surface area contributed by atoms with E-state index in [0.29, 0.717) is 27.8 Å². The fraction of sp³-hybridized carbons (Fsp3) is 0.360. The van der Waals surface area contributed by atoms with Crippen LogP contribution in [0, 0.1) is 0 Å². The Kier molecular flexibility index (Phi) is 7.20. The highest BCUT2D eigenvalue weighted by Gasteiger charge is 2.25. The SMILES string of the molecule is COc1ccc(OC)c(C(O)CNC(=O)c2nn(-c3ccc(Cl)cc3)c3c2CCCCC3)c1. The zero-order chi connectivity index (χ0) is 23.4. The average molecular weight is 470 g/mol. The van der Waals surface area contributed by atoms with Crippen molar-refractivity contribution in [2.24, 2.45) is 0 Å². The molecule has 33 heavy (non-hydrogen) atoms. The van der Waals surface area contributed by atoms with Crippen LogP contribution in [0.15, 0.2) is 42.5 Å². The number of amides is 1. The van der Waals surface area contributed by atoms with Crippen molar-refractivity contribution in [3.63, 3.8) is 0 Å². The molecule has 0 fully saturated rings. The second-order valence-electron chi connectivity index (χ2n) is 8.06. The summed E-state index contributed by atoms with van der Waals surface area (Å²) >= 11 is 6.05. The molecule has 4 rings (SSSR count). The van der Waals surface area contributed by atoms with Gasteiger partial charge in [-0.3, -0.25) is 4.79 Å². The van der Waals surface area contributed by atoms with E-state index in [0.717, 1.165) is 49.0 Å². The lowest BCUT2D eigenvalue weighted by molar-refractivity contribution is 0.0908. The Morgan fingerprint density at radius 1 is 1.12 bits per heavy atom. The summed E-state index contributed by atoms with van der Waals surface area (Å²) in [6.07, 6.45) is 3.89. The number of aromatic nitrogens is 2. The third-order valence-corrected chi connectivity index (χ3v) is 6.22. The van der Waals surface area contributed by atoms with Crippen molar-refractivity contribution in [3.8, 4) is 17.2 Å². The Hall–Kier alpha value is -3.03. The summed E-state index contributed by atoms with van der Waals surface area (Å²) in [6, 6.07) is 12.6. The topological polar surface area (TPSA) is 85.6 Å². The van der Waals surface area contributed by atoms with Crippen molar-refractivity contribution in [3.05, 3.63) is 70.0 Å². The van der Waals surface area contributed by atoms with Crippen LogP contribution in [0.3, 0.4) is 0 Å². The van der Waals surface area contributed by atoms with Gasteiger partial charge in [0.25, 0.3) is 5.91 Å². The van der Waals surface area contributed by atoms with Gasteiger partial charge in [0.1, 0.15) is 17.6 Å². The zero-order valence-electron chi connectivity index (χ0n) is 18.8. The van der Waals surface area contributed by atoms with Crippen LogP contribution in [0.5, 0.6) is 11.5 Å². The fourth-order valence-electron chi connectivity index (χ4n) is 4.24. The summed E-state index contributed by atoms with van der Waals surface area (Å²) in [5.74, 6) is 0.823. The minimum Gasteiger partial charge on any atom is -0.497 e. The van der Waals surface area contributed by atoms with Crippen LogP contribution in [-0.4, -0.2) is 41.6 Å². The maximum absolute atomic E-state index is 13.2. The molecule has 2 N–H and O–H groups in total. The van der Waals surface area contributed by atoms with Gasteiger partial charge in [-0.05, 0) is 68.1 Å². The molecule has 0 saturated heterocycles. The maximum atomic E-state index is 13.2. The number of fused-ring (bicyclic) bond motifs is 1. The van der Waals surface area contributed by atoms with Gasteiger partial charge in [-0.1, -0.05) is 18.0 Å². The monoisotopic (exact) mass is 469 g/mol. The molecular formula is C25H28ClN3O4. The van der Waals surface area contributed by atoms with Gasteiger partial charge in [-0.25, -0.2) is 4.68 Å². The molecule has 1 amide bonds. The van der Waals surface area contributed by atoms with E-state index in [-0.39, 0.29) is 12.5 Å². The molecule has 8 heteroatoms. The van der Waals surface area contributed by atoms with Gasteiger partial charge in [-0.2, -0.15) is 5.10 Å². The smallest absolute Gasteiger partial charge is 0.272 e. The average Bonchev–Trinajstić information content (AvgIpc) is 3.03. The van der Waals surface area contributed by atoms with Crippen LogP contribution in [-0.2, 0) is 12.8 Å². The van der Waals surface area contributed by atoms with Crippen molar-refractivity contribution >= 4 is 17.5 Å². The van der Waals surface area contributed by atoms with E-state index in [9.17, 15) is 9.90 Å². The van der Waals surface area contributed by atoms with Gasteiger partial charge in [0, 0.05) is 28.4 Å². The summed E-state index contributed by atoms with van der Waals surface area (Å²) in [5.41, 5.74) is 3.87. The number of methoxy groups -OCH3 is 2. The first-order valence-electron chi connectivity index (χ1n) is 11.1. The molecule has 3 aromatic rings. The normalized spacial score (nSPS) is 14.2. The number of hydrogen-bond acceptors (Lipinski definition) is 5. The molecule has 1 heterocycles. The van der Waals surface area contributed by atoms with Gasteiger partial charge in [0.2, 0.25) is 0 Å². The molecule has 1 aliphatic carbocycles. The number of aliphatic hydroxyl groups excluding tert-OH is 1. The van der Waals surface area contributed by atoms with E-state index in [4.69, 9.17) is 21.1 Å². The predicted octanol–water partition coefficient (Wildman–Crippen LogP) is 4.28. The maximum Gasteiger partial charge on any atom is 0.272 e. The van der Waals surface area contributed by atoms with Crippen LogP contribution in [0.2, 0.25) is 5.02 Å². The number of halogens is 1. The molecule has 0 spiro atoms. The number of nitrogens with zero attached hydrogens (tertiary/aromatic N) is 2. The van der Waals surface area contributed by atoms with E-state index in [2.05, 4.69) is 10.4 Å². The standard InChI is InChI=1S/C25H28ClN3O4/c1-32-18-12-13-23(33-2)20(14-18)22(30)15-27-25(31)24-19-6-4-3-5-7-21(19)29(28-24)17-10-8-16(26)9-11-17/h8-14,22,30H,3-7,15H2,1-2H3,(H,27,31). The minimum atomic E-state index is -0.962. The first-order chi connectivity index (χ1) is 16.0. The summed E-state index contributed by atoms with van der Waals surface area (Å²) in [5, 5.41) is 18.9. The Balaban J connectivity index is 1.58. The van der Waals surface area contributed by atoms with Crippen LogP contribution in [0.25, 0.3) is 5.69 Å². The molecule has 174 valence electrons. The Labute approximate surface area is 198 Å². The number of nitrogens with one attached hydrogen (secondary N) is 1. The lowest BCUT2D eigenvalue weighted by Gasteiger charge is -2.16. The van der Waals surface area contributed by atoms with Crippen LogP contribution in [0.1, 0.15) is 52.7 Å². The number of ether oxygens (including phenoxy) is 2. The van der Waals surface area contributed by atoms with Gasteiger partial charge in [0.15, 0.2) is 5.69 Å². The first kappa shape index (κ1) is 23.1. The van der Waals surface area contributed by atoms with Crippen LogP contribution in [0.4, 0.5) is 0 Å². The van der Waals surface area contributed by atoms with E-state index in [1.807, 2.05) is 28.9 Å². The van der Waals surface area contributed by atoms with Crippen molar-refractivity contribution in [2.75, 3.05) is 20.8 Å². The highest BCUT2D eigenvalue weighted by Crippen LogP contribution is 2.30. The number of rotatable bonds is 7. The summed E-state index contributed by atoms with van der Waals surface area (Å²) in [4.78, 5) is 13.2. The van der Waals surface area contributed by atoms with Gasteiger partial charge in [-0.15, -0.1) is 0 Å². The Morgan fingerprint density at radius 3 is 2.61 bits per heavy atom. The van der Waals surface area contributed by atoms with Crippen molar-refractivity contribution in [1.82, 2.24) is 15.1 Å². The lowest BCUT2D eigenvalue weighted by Crippen LogP contribution is -2.29. The molecule has 1 unspecified atom stereocenters. The first-order valence-corrected chi connectivity index (χ1v) is 11.4. The Morgan fingerprint density at radius 2 is 1.88 bits per heavy atom. The third-order valence-electron chi connectivity index (χ3n) is 5.97. The number of aliphatic hydroxyl groups is 1. The molecule has 7 nitrogen and oxygen atoms in total. The molecule has 1 aromatic heterocycles. The lowest BCUT2D eigenvalue weighted by atomic mass is 10.1. The third kappa shape index (κ3) is 4.99. The van der Waals surface area contributed by atoms with Crippen LogP contribution >= 0.6 is 11.6 Å². The highest BCUT2D eigenvalue weighted by molar-refractivity contribution is 6.30. The van der Waals surface area contributed by atoms with Crippen molar-refractivity contribution in [1.29, 1.82) is 0 Å². The molecule has 2 aromatic carbocycles. The summed E-state index contributed by atoms with van der Waals surface area (Å²) < 4.78 is 12.5. The van der Waals surface area contributed by atoms with Crippen LogP contribution < -0.4 is 14.8 Å². The van der Waals surface area contributed by atoms with Gasteiger partial charge >= 0.3 is 0 Å². The Bertz CT molecular complexity index is 1130. The van der Waals surface area contributed by atoms with E-state index >= 15 is 0 Å². The van der Waals surface area contributed by atoms with Gasteiger partial charge < -0.3 is 19.9 Å². The van der Waals surface area contributed by atoms with E-state index in [1.165, 1.54) is 7.11 Å². The predicted molar refractivity (Wildman–Crippen MR) is 127 cm³/mol. The minimum absolute atomic E-state index is 0.0188. The van der Waals surface area contributed by atoms with Crippen molar-refractivity contribution in [2.45, 2.75) is 38.2 Å². The molecule has 0 aliphatic heterocycles. The molecule has 0 bridgehead atoms. The van der Waals surface area contributed by atoms with E-state index < -0.39 is 6.10 Å². The van der Waals surface area contributed by atoms with Gasteiger partial charge in [0.05, 0.1) is 19.9 Å². The molecular weight excluding hydrogens is 442 g/mol. The molecule has 1 atom stereocenters. The number of carbonyl (C=O) groups is 1. The largest absolute Gasteiger partial charge is 0.497 e. The molecule has 0 saturated carbocycles. The zero-order valence-corrected chi connectivity index (χ0v) is 19.6. The fourth-order valence-corrected chi connectivity index (χ4v) is 4.36. The second-order valence-corrected chi connectivity index (χ2v) is 8.49. The van der Waals surface area contributed by atoms with Crippen molar-refractivity contribution < 1.29 is 19.4 Å². The van der Waals surface area contributed by atoms with E-state index in [1.54, 1.807) is 25.3 Å². The molecule has 1 aliphatic rings. The second kappa shape index (κ2) is 10.3. The highest BCUT2D eigenvalue weighted by atomic mass is 35.5. The number of carbonyl (C=O) groups excluding carboxylic acids is 1. The summed E-state index contributed by atoms with van der Waals surface area (Å²) in [7, 11) is 3.09. The molecule has 0 radical (unpaired) electrons. The summed E-state index contributed by atoms with van der Waals surface area (Å²) in [6.45, 7) is 0.0188. The quantitative estimate of drug-likeness (QED) is 0.504.